The van der Waals surface area contributed by atoms with Gasteiger partial charge in [0.1, 0.15) is 22.8 Å². The number of hydrogen-bond acceptors (Lipinski definition) is 5. The summed E-state index contributed by atoms with van der Waals surface area (Å²) in [6.07, 6.45) is 6.96. The summed E-state index contributed by atoms with van der Waals surface area (Å²) in [5.74, 6) is 1.24. The molecule has 4 N–H and O–H groups in total. The molecule has 9 nitrogen and oxygen atoms in total. The zero-order valence-corrected chi connectivity index (χ0v) is 16.7. The van der Waals surface area contributed by atoms with Gasteiger partial charge in [0.25, 0.3) is 0 Å². The molecule has 0 spiro atoms. The van der Waals surface area contributed by atoms with Gasteiger partial charge in [-0.05, 0) is 44.6 Å². The van der Waals surface area contributed by atoms with Crippen LogP contribution >= 0.6 is 0 Å². The molecule has 10 heteroatoms. The molecule has 1 aliphatic heterocycles. The maximum absolute atomic E-state index is 10.6. The van der Waals surface area contributed by atoms with E-state index in [0.717, 1.165) is 60.8 Å². The van der Waals surface area contributed by atoms with E-state index in [1.54, 1.807) is 13.1 Å². The fraction of sp³-hybridized carbons (Fsp3) is 0.556. The fourth-order valence-electron chi connectivity index (χ4n) is 4.09. The minimum atomic E-state index is -1.93. The second-order valence-electron chi connectivity index (χ2n) is 7.37. The van der Waals surface area contributed by atoms with Gasteiger partial charge in [-0.3, -0.25) is 4.55 Å². The molecule has 4 heterocycles. The maximum Gasteiger partial charge on any atom is 0.231 e. The first-order valence-corrected chi connectivity index (χ1v) is 10.8. The van der Waals surface area contributed by atoms with Gasteiger partial charge >= 0.3 is 0 Å². The number of hydrogen-bond donors (Lipinski definition) is 4. The number of fused-ring (bicyclic) bond motifs is 3. The van der Waals surface area contributed by atoms with Crippen molar-refractivity contribution in [2.24, 2.45) is 5.92 Å². The highest BCUT2D eigenvalue weighted by Crippen LogP contribution is 2.29. The predicted molar refractivity (Wildman–Crippen MR) is 109 cm³/mol. The normalized spacial score (nSPS) is 18.2. The third-order valence-corrected chi connectivity index (χ3v) is 5.92. The van der Waals surface area contributed by atoms with Crippen molar-refractivity contribution in [3.8, 4) is 0 Å². The minimum absolute atomic E-state index is 0.556. The van der Waals surface area contributed by atoms with Gasteiger partial charge in [0.05, 0.1) is 6.20 Å². The quantitative estimate of drug-likeness (QED) is 0.351. The molecule has 0 bridgehead atoms. The summed E-state index contributed by atoms with van der Waals surface area (Å²) in [4.78, 5) is 12.2. The lowest BCUT2D eigenvalue weighted by molar-refractivity contribution is 0.182. The van der Waals surface area contributed by atoms with E-state index >= 15 is 0 Å². The first-order chi connectivity index (χ1) is 13.5. The molecule has 1 saturated heterocycles. The molecule has 152 valence electrons. The van der Waals surface area contributed by atoms with Crippen molar-refractivity contribution in [1.29, 1.82) is 0 Å². The summed E-state index contributed by atoms with van der Waals surface area (Å²) in [6.45, 7) is 4.05. The Labute approximate surface area is 165 Å². The first-order valence-electron chi connectivity index (χ1n) is 9.66. The highest BCUT2D eigenvalue weighted by molar-refractivity contribution is 7.77. The molecule has 0 amide bonds. The Morgan fingerprint density at radius 2 is 2.21 bits per heavy atom. The smallest absolute Gasteiger partial charge is 0.231 e. The van der Waals surface area contributed by atoms with E-state index in [-0.39, 0.29) is 0 Å². The Morgan fingerprint density at radius 1 is 1.43 bits per heavy atom. The maximum atomic E-state index is 10.6. The predicted octanol–water partition coefficient (Wildman–Crippen LogP) is 1.82. The number of H-pyrrole nitrogens is 1. The highest BCUT2D eigenvalue weighted by Gasteiger charge is 2.25. The van der Waals surface area contributed by atoms with E-state index in [0.29, 0.717) is 18.3 Å². The lowest BCUT2D eigenvalue weighted by Crippen LogP contribution is -2.42. The summed E-state index contributed by atoms with van der Waals surface area (Å²) < 4.78 is 24.0. The lowest BCUT2D eigenvalue weighted by atomic mass is 9.93. The average Bonchev–Trinajstić information content (AvgIpc) is 3.29. The van der Waals surface area contributed by atoms with Crippen molar-refractivity contribution >= 4 is 33.3 Å². The van der Waals surface area contributed by atoms with Crippen LogP contribution < -0.4 is 9.73 Å². The second-order valence-corrected chi connectivity index (χ2v) is 8.16. The van der Waals surface area contributed by atoms with Crippen LogP contribution in [0, 0.1) is 5.92 Å². The first kappa shape index (κ1) is 19.3. The molecule has 1 fully saturated rings. The molecule has 3 aromatic rings. The number of aromatic amines is 1. The number of pyridine rings is 1. The Bertz CT molecular complexity index is 976. The van der Waals surface area contributed by atoms with Crippen LogP contribution in [0.15, 0.2) is 18.5 Å². The molecule has 3 aromatic heterocycles. The van der Waals surface area contributed by atoms with Gasteiger partial charge in [-0.25, -0.2) is 23.6 Å². The van der Waals surface area contributed by atoms with Gasteiger partial charge in [0, 0.05) is 31.2 Å². The third kappa shape index (κ3) is 3.77. The third-order valence-electron chi connectivity index (χ3n) is 5.46. The monoisotopic (exact) mass is 406 g/mol. The van der Waals surface area contributed by atoms with E-state index in [1.807, 2.05) is 12.3 Å². The summed E-state index contributed by atoms with van der Waals surface area (Å²) >= 11 is -1.93. The molecular weight excluding hydrogens is 380 g/mol. The van der Waals surface area contributed by atoms with Gasteiger partial charge in [0.2, 0.25) is 11.3 Å². The summed E-state index contributed by atoms with van der Waals surface area (Å²) in [6, 6.07) is 2.00. The van der Waals surface area contributed by atoms with Crippen molar-refractivity contribution in [2.75, 3.05) is 24.6 Å². The van der Waals surface area contributed by atoms with Crippen molar-refractivity contribution in [3.63, 3.8) is 0 Å². The minimum Gasteiger partial charge on any atom is -0.385 e. The Balaban J connectivity index is 1.54. The van der Waals surface area contributed by atoms with Crippen LogP contribution in [-0.4, -0.2) is 53.1 Å². The van der Waals surface area contributed by atoms with Crippen LogP contribution in [0.3, 0.4) is 0 Å². The SMILES string of the molecule is C[C@@H](O)c1nc2cnc3[nH]ccc3c2n1N1CCC(CCCNS(=O)O)CC1. The molecule has 28 heavy (non-hydrogen) atoms. The van der Waals surface area contributed by atoms with E-state index in [9.17, 15) is 9.32 Å². The molecule has 4 rings (SSSR count). The molecule has 0 aromatic carbocycles. The van der Waals surface area contributed by atoms with E-state index < -0.39 is 17.4 Å². The summed E-state index contributed by atoms with van der Waals surface area (Å²) in [5.41, 5.74) is 2.58. The summed E-state index contributed by atoms with van der Waals surface area (Å²) in [5, 5.41) is 13.6. The van der Waals surface area contributed by atoms with Gasteiger partial charge in [-0.2, -0.15) is 0 Å². The van der Waals surface area contributed by atoms with Crippen molar-refractivity contribution in [3.05, 3.63) is 24.3 Å². The molecule has 0 aliphatic carbocycles. The number of nitrogens with zero attached hydrogens (tertiary/aromatic N) is 4. The second kappa shape index (κ2) is 8.16. The number of rotatable bonds is 7. The number of aliphatic hydroxyl groups excluding tert-OH is 1. The van der Waals surface area contributed by atoms with E-state index in [1.165, 1.54) is 0 Å². The number of aliphatic hydroxyl groups is 1. The van der Waals surface area contributed by atoms with Crippen LogP contribution in [0.4, 0.5) is 0 Å². The largest absolute Gasteiger partial charge is 0.385 e. The van der Waals surface area contributed by atoms with Crippen molar-refractivity contribution in [2.45, 2.75) is 38.7 Å². The number of aromatic nitrogens is 4. The van der Waals surface area contributed by atoms with Crippen LogP contribution in [0.2, 0.25) is 0 Å². The molecule has 2 atom stereocenters. The standard InChI is InChI=1S/C18H26N6O3S/c1-12(25)18-22-15-11-20-17-14(4-8-19-17)16(15)24(18)23-9-5-13(6-10-23)3-2-7-21-28(26)27/h4,8,11-13,21,25H,2-3,5-7,9-10H2,1H3,(H,19,20)(H,26,27)/t12-/m1/s1. The zero-order valence-electron chi connectivity index (χ0n) is 15.8. The van der Waals surface area contributed by atoms with Crippen molar-refractivity contribution < 1.29 is 13.9 Å². The molecule has 1 unspecified atom stereocenters. The fourth-order valence-corrected chi connectivity index (χ4v) is 4.41. The van der Waals surface area contributed by atoms with E-state index in [4.69, 9.17) is 4.55 Å². The lowest BCUT2D eigenvalue weighted by Gasteiger charge is -2.35. The van der Waals surface area contributed by atoms with Gasteiger partial charge in [-0.1, -0.05) is 0 Å². The topological polar surface area (TPSA) is 119 Å². The Morgan fingerprint density at radius 3 is 2.93 bits per heavy atom. The van der Waals surface area contributed by atoms with Gasteiger partial charge < -0.3 is 15.1 Å². The summed E-state index contributed by atoms with van der Waals surface area (Å²) in [7, 11) is 0. The average molecular weight is 407 g/mol. The molecular formula is C18H26N6O3S. The number of nitrogens with one attached hydrogen (secondary N) is 2. The van der Waals surface area contributed by atoms with E-state index in [2.05, 4.69) is 29.4 Å². The van der Waals surface area contributed by atoms with Crippen LogP contribution in [0.25, 0.3) is 22.1 Å². The number of piperidine rings is 1. The van der Waals surface area contributed by atoms with Crippen LogP contribution in [0.5, 0.6) is 0 Å². The Hall–Kier alpha value is -2.01. The van der Waals surface area contributed by atoms with Crippen LogP contribution in [-0.2, 0) is 11.3 Å². The molecule has 0 saturated carbocycles. The molecule has 0 radical (unpaired) electrons. The molecule has 1 aliphatic rings. The van der Waals surface area contributed by atoms with Gasteiger partial charge in [0.15, 0.2) is 5.82 Å². The highest BCUT2D eigenvalue weighted by atomic mass is 32.2. The van der Waals surface area contributed by atoms with Crippen molar-refractivity contribution in [1.82, 2.24) is 24.4 Å². The zero-order chi connectivity index (χ0) is 19.7. The Kier molecular flexibility index (Phi) is 5.63. The number of imidazole rings is 1. The van der Waals surface area contributed by atoms with Gasteiger partial charge in [-0.15, -0.1) is 0 Å². The van der Waals surface area contributed by atoms with Crippen LogP contribution in [0.1, 0.15) is 44.5 Å².